The molecule has 2 heterocycles. The van der Waals surface area contributed by atoms with Crippen molar-refractivity contribution in [1.29, 1.82) is 0 Å². The standard InChI is InChI=1S/C22H19ClN4O4S2/c1-26(2)17-7-8-18-14(13-17)11-12-27(21(18)28)16-5-3-15(4-6-16)24-22(29)25-33(30,31)20-10-9-19(23)32-20/h3-13H,1-2H3,(H2,24,25,29). The summed E-state index contributed by atoms with van der Waals surface area (Å²) in [5.41, 5.74) is 1.79. The highest BCUT2D eigenvalue weighted by Gasteiger charge is 2.19. The molecule has 0 spiro atoms. The molecule has 11 heteroatoms. The number of sulfonamides is 1. The van der Waals surface area contributed by atoms with Crippen molar-refractivity contribution in [2.24, 2.45) is 0 Å². The van der Waals surface area contributed by atoms with Gasteiger partial charge in [-0.05, 0) is 66.0 Å². The molecule has 0 saturated heterocycles. The van der Waals surface area contributed by atoms with E-state index in [0.29, 0.717) is 21.1 Å². The van der Waals surface area contributed by atoms with Crippen LogP contribution in [0.3, 0.4) is 0 Å². The van der Waals surface area contributed by atoms with E-state index in [9.17, 15) is 18.0 Å². The Bertz CT molecular complexity index is 1510. The predicted molar refractivity (Wildman–Crippen MR) is 133 cm³/mol. The maximum absolute atomic E-state index is 13.0. The average Bonchev–Trinajstić information content (AvgIpc) is 3.21. The number of nitrogens with one attached hydrogen (secondary N) is 2. The van der Waals surface area contributed by atoms with Crippen molar-refractivity contribution in [3.05, 3.63) is 81.6 Å². The third-order valence-corrected chi connectivity index (χ3v) is 7.90. The summed E-state index contributed by atoms with van der Waals surface area (Å²) in [6.45, 7) is 0. The first-order valence-electron chi connectivity index (χ1n) is 9.66. The molecule has 33 heavy (non-hydrogen) atoms. The average molecular weight is 503 g/mol. The molecule has 2 N–H and O–H groups in total. The molecule has 0 aliphatic rings. The fourth-order valence-electron chi connectivity index (χ4n) is 3.19. The van der Waals surface area contributed by atoms with E-state index in [4.69, 9.17) is 11.6 Å². The second kappa shape index (κ2) is 8.89. The van der Waals surface area contributed by atoms with Gasteiger partial charge in [-0.2, -0.15) is 0 Å². The van der Waals surface area contributed by atoms with Gasteiger partial charge in [-0.1, -0.05) is 11.6 Å². The Morgan fingerprint density at radius 3 is 2.39 bits per heavy atom. The molecule has 2 amide bonds. The third-order valence-electron chi connectivity index (χ3n) is 4.85. The summed E-state index contributed by atoms with van der Waals surface area (Å²) in [5, 5.41) is 3.89. The van der Waals surface area contributed by atoms with E-state index in [1.54, 1.807) is 36.5 Å². The van der Waals surface area contributed by atoms with Crippen LogP contribution in [0.15, 0.2) is 75.9 Å². The number of halogens is 1. The van der Waals surface area contributed by atoms with Crippen LogP contribution in [-0.2, 0) is 10.0 Å². The number of amides is 2. The molecule has 4 rings (SSSR count). The zero-order valence-electron chi connectivity index (χ0n) is 17.6. The quantitative estimate of drug-likeness (QED) is 0.424. The largest absolute Gasteiger partial charge is 0.378 e. The van der Waals surface area contributed by atoms with Crippen molar-refractivity contribution in [3.63, 3.8) is 0 Å². The third kappa shape index (κ3) is 4.87. The number of hydrogen-bond acceptors (Lipinski definition) is 6. The molecule has 2 aromatic carbocycles. The van der Waals surface area contributed by atoms with Crippen LogP contribution in [0.4, 0.5) is 16.2 Å². The van der Waals surface area contributed by atoms with Crippen LogP contribution in [0.2, 0.25) is 4.34 Å². The van der Waals surface area contributed by atoms with Gasteiger partial charge < -0.3 is 10.2 Å². The second-order valence-corrected chi connectivity index (χ2v) is 10.9. The van der Waals surface area contributed by atoms with Crippen LogP contribution >= 0.6 is 22.9 Å². The zero-order valence-corrected chi connectivity index (χ0v) is 20.0. The topological polar surface area (TPSA) is 101 Å². The molecule has 0 saturated carbocycles. The highest BCUT2D eigenvalue weighted by atomic mass is 35.5. The highest BCUT2D eigenvalue weighted by molar-refractivity contribution is 7.92. The first-order chi connectivity index (χ1) is 15.6. The van der Waals surface area contributed by atoms with Gasteiger partial charge in [0.05, 0.1) is 4.34 Å². The molecule has 2 aromatic heterocycles. The number of rotatable bonds is 5. The Labute approximate surface area is 199 Å². The van der Waals surface area contributed by atoms with E-state index in [2.05, 4.69) is 5.32 Å². The Morgan fingerprint density at radius 2 is 1.76 bits per heavy atom. The van der Waals surface area contributed by atoms with Gasteiger partial charge in [0.2, 0.25) is 0 Å². The second-order valence-electron chi connectivity index (χ2n) is 7.32. The van der Waals surface area contributed by atoms with Crippen molar-refractivity contribution in [2.75, 3.05) is 24.3 Å². The van der Waals surface area contributed by atoms with Crippen LogP contribution in [0, 0.1) is 0 Å². The Balaban J connectivity index is 1.52. The first kappa shape index (κ1) is 22.8. The van der Waals surface area contributed by atoms with Gasteiger partial charge in [-0.25, -0.2) is 17.9 Å². The minimum atomic E-state index is -4.02. The van der Waals surface area contributed by atoms with Gasteiger partial charge in [0.1, 0.15) is 4.21 Å². The van der Waals surface area contributed by atoms with Gasteiger partial charge in [-0.15, -0.1) is 11.3 Å². The molecule has 8 nitrogen and oxygen atoms in total. The molecule has 0 aliphatic carbocycles. The fourth-order valence-corrected chi connectivity index (χ4v) is 5.58. The Kier molecular flexibility index (Phi) is 6.15. The number of carbonyl (C=O) groups excluding carboxylic acids is 1. The smallest absolute Gasteiger partial charge is 0.333 e. The summed E-state index contributed by atoms with van der Waals surface area (Å²) in [5.74, 6) is 0. The lowest BCUT2D eigenvalue weighted by atomic mass is 10.1. The number of aromatic nitrogens is 1. The molecule has 4 aromatic rings. The number of hydrogen-bond donors (Lipinski definition) is 2. The molecule has 0 unspecified atom stereocenters. The van der Waals surface area contributed by atoms with E-state index < -0.39 is 16.1 Å². The van der Waals surface area contributed by atoms with E-state index in [1.165, 1.54) is 16.7 Å². The SMILES string of the molecule is CN(C)c1ccc2c(=O)n(-c3ccc(NC(=O)NS(=O)(=O)c4ccc(Cl)s4)cc3)ccc2c1. The summed E-state index contributed by atoms with van der Waals surface area (Å²) in [6, 6.07) is 15.8. The van der Waals surface area contributed by atoms with E-state index in [0.717, 1.165) is 22.4 Å². The first-order valence-corrected chi connectivity index (χ1v) is 12.3. The summed E-state index contributed by atoms with van der Waals surface area (Å²) >= 11 is 6.61. The van der Waals surface area contributed by atoms with Crippen LogP contribution in [-0.4, -0.2) is 33.1 Å². The van der Waals surface area contributed by atoms with Crippen molar-refractivity contribution < 1.29 is 13.2 Å². The van der Waals surface area contributed by atoms with E-state index in [-0.39, 0.29) is 9.77 Å². The van der Waals surface area contributed by atoms with Crippen molar-refractivity contribution in [1.82, 2.24) is 9.29 Å². The zero-order chi connectivity index (χ0) is 23.8. The van der Waals surface area contributed by atoms with Crippen molar-refractivity contribution in [2.45, 2.75) is 4.21 Å². The molecule has 170 valence electrons. The number of benzene rings is 2. The minimum Gasteiger partial charge on any atom is -0.378 e. The Hall–Kier alpha value is -3.34. The molecule has 0 aliphatic heterocycles. The van der Waals surface area contributed by atoms with E-state index >= 15 is 0 Å². The minimum absolute atomic E-state index is 0.0635. The van der Waals surface area contributed by atoms with Crippen LogP contribution < -0.4 is 20.5 Å². The van der Waals surface area contributed by atoms with Gasteiger partial charge in [-0.3, -0.25) is 9.36 Å². The number of fused-ring (bicyclic) bond motifs is 1. The lowest BCUT2D eigenvalue weighted by molar-refractivity contribution is 0.256. The number of anilines is 2. The molecule has 0 atom stereocenters. The van der Waals surface area contributed by atoms with Crippen LogP contribution in [0.1, 0.15) is 0 Å². The number of carbonyl (C=O) groups is 1. The number of thiophene rings is 1. The molecule has 0 fully saturated rings. The predicted octanol–water partition coefficient (Wildman–Crippen LogP) is 4.28. The Morgan fingerprint density at radius 1 is 1.03 bits per heavy atom. The van der Waals surface area contributed by atoms with Crippen molar-refractivity contribution in [3.8, 4) is 5.69 Å². The molecule has 0 bridgehead atoms. The molecular weight excluding hydrogens is 484 g/mol. The van der Waals surface area contributed by atoms with Crippen molar-refractivity contribution >= 4 is 61.1 Å². The molecule has 0 radical (unpaired) electrons. The van der Waals surface area contributed by atoms with Gasteiger partial charge in [0.15, 0.2) is 0 Å². The summed E-state index contributed by atoms with van der Waals surface area (Å²) < 4.78 is 28.1. The van der Waals surface area contributed by atoms with Gasteiger partial charge in [0, 0.05) is 42.7 Å². The summed E-state index contributed by atoms with van der Waals surface area (Å²) in [4.78, 5) is 27.1. The van der Waals surface area contributed by atoms with Crippen LogP contribution in [0.5, 0.6) is 0 Å². The lowest BCUT2D eigenvalue weighted by Gasteiger charge is -2.14. The maximum atomic E-state index is 13.0. The van der Waals surface area contributed by atoms with E-state index in [1.807, 2.05) is 41.9 Å². The maximum Gasteiger partial charge on any atom is 0.333 e. The van der Waals surface area contributed by atoms with Crippen LogP contribution in [0.25, 0.3) is 16.5 Å². The summed E-state index contributed by atoms with van der Waals surface area (Å²) in [7, 11) is -0.149. The monoisotopic (exact) mass is 502 g/mol. The van der Waals surface area contributed by atoms with Gasteiger partial charge >= 0.3 is 6.03 Å². The lowest BCUT2D eigenvalue weighted by Crippen LogP contribution is -2.33. The number of urea groups is 1. The molecular formula is C22H19ClN4O4S2. The van der Waals surface area contributed by atoms with Gasteiger partial charge in [0.25, 0.3) is 15.6 Å². The normalized spacial score (nSPS) is 11.4. The number of nitrogens with zero attached hydrogens (tertiary/aromatic N) is 2. The summed E-state index contributed by atoms with van der Waals surface area (Å²) in [6.07, 6.45) is 1.69. The number of pyridine rings is 1. The fraction of sp³-hybridized carbons (Fsp3) is 0.0909. The highest BCUT2D eigenvalue weighted by Crippen LogP contribution is 2.25.